The molecule has 0 aromatic heterocycles. The van der Waals surface area contributed by atoms with E-state index in [9.17, 15) is 0 Å². The molecular weight excluding hydrogens is 302 g/mol. The van der Waals surface area contributed by atoms with Crippen LogP contribution in [0.2, 0.25) is 0 Å². The van der Waals surface area contributed by atoms with Crippen molar-refractivity contribution in [3.05, 3.63) is 59.7 Å². The Labute approximate surface area is 150 Å². The number of nitrogens with zero attached hydrogens (tertiary/aromatic N) is 1. The quantitative estimate of drug-likeness (QED) is 0.529. The van der Waals surface area contributed by atoms with Crippen LogP contribution in [0, 0.1) is 0 Å². The summed E-state index contributed by atoms with van der Waals surface area (Å²) in [5.74, 6) is 0.734. The van der Waals surface area contributed by atoms with Gasteiger partial charge in [-0.1, -0.05) is 55.0 Å². The van der Waals surface area contributed by atoms with Gasteiger partial charge in [-0.15, -0.1) is 0 Å². The van der Waals surface area contributed by atoms with Crippen LogP contribution < -0.4 is 0 Å². The van der Waals surface area contributed by atoms with Crippen molar-refractivity contribution < 1.29 is 0 Å². The lowest BCUT2D eigenvalue weighted by Crippen LogP contribution is -2.34. The maximum Gasteiger partial charge on any atom is 0.00504 e. The van der Waals surface area contributed by atoms with Crippen molar-refractivity contribution in [2.24, 2.45) is 0 Å². The predicted molar refractivity (Wildman–Crippen MR) is 107 cm³/mol. The van der Waals surface area contributed by atoms with Gasteiger partial charge in [-0.25, -0.2) is 0 Å². The van der Waals surface area contributed by atoms with Crippen LogP contribution in [0.15, 0.2) is 48.5 Å². The average molecular weight is 329 g/mol. The molecule has 0 N–H and O–H groups in total. The van der Waals surface area contributed by atoms with Crippen LogP contribution in [0.3, 0.4) is 0 Å². The summed E-state index contributed by atoms with van der Waals surface area (Å²) in [5, 5.41) is 5.70. The van der Waals surface area contributed by atoms with Gasteiger partial charge in [0.15, 0.2) is 0 Å². The smallest absolute Gasteiger partial charge is 0.00504 e. The van der Waals surface area contributed by atoms with Gasteiger partial charge >= 0.3 is 0 Å². The number of fused-ring (bicyclic) bond motifs is 5. The largest absolute Gasteiger partial charge is 0.303 e. The number of hydrogen-bond acceptors (Lipinski definition) is 1. The van der Waals surface area contributed by atoms with Gasteiger partial charge in [0, 0.05) is 6.54 Å². The molecule has 1 nitrogen and oxygen atoms in total. The van der Waals surface area contributed by atoms with Gasteiger partial charge in [0.25, 0.3) is 0 Å². The molecule has 1 heteroatoms. The van der Waals surface area contributed by atoms with Crippen molar-refractivity contribution in [2.45, 2.75) is 44.4 Å². The van der Waals surface area contributed by atoms with Crippen molar-refractivity contribution in [2.75, 3.05) is 19.6 Å². The summed E-state index contributed by atoms with van der Waals surface area (Å²) in [6.07, 6.45) is 8.17. The van der Waals surface area contributed by atoms with Crippen LogP contribution in [0.4, 0.5) is 0 Å². The Bertz CT molecular complexity index is 905. The first-order valence-corrected chi connectivity index (χ1v) is 10.1. The molecule has 0 bridgehead atoms. The highest BCUT2D eigenvalue weighted by Crippen LogP contribution is 2.38. The molecule has 3 aromatic carbocycles. The molecule has 0 radical (unpaired) electrons. The highest BCUT2D eigenvalue weighted by molar-refractivity contribution is 6.08. The molecule has 1 atom stereocenters. The van der Waals surface area contributed by atoms with E-state index in [1.54, 1.807) is 11.1 Å². The minimum Gasteiger partial charge on any atom is -0.303 e. The van der Waals surface area contributed by atoms with E-state index in [0.29, 0.717) is 0 Å². The molecule has 1 saturated heterocycles. The Balaban J connectivity index is 1.57. The average Bonchev–Trinajstić information content (AvgIpc) is 2.68. The Hall–Kier alpha value is -1.86. The molecule has 1 heterocycles. The van der Waals surface area contributed by atoms with Crippen molar-refractivity contribution >= 4 is 21.5 Å². The monoisotopic (exact) mass is 329 g/mol. The van der Waals surface area contributed by atoms with Gasteiger partial charge in [0.2, 0.25) is 0 Å². The molecule has 2 aliphatic rings. The summed E-state index contributed by atoms with van der Waals surface area (Å²) in [7, 11) is 0. The first-order chi connectivity index (χ1) is 12.4. The number of likely N-dealkylation sites (tertiary alicyclic amines) is 1. The second-order valence-corrected chi connectivity index (χ2v) is 7.97. The molecule has 0 spiro atoms. The standard InChI is InChI=1S/C24H27N/c1-4-15-25(16-5-1)17-19-8-6-10-22-21(19)13-14-23-20-9-3-2-7-18(20)11-12-24(22)23/h2-3,7,9,11-14,19H,1,4-6,8,10,15-17H2. The highest BCUT2D eigenvalue weighted by atomic mass is 15.1. The number of piperidine rings is 1. The van der Waals surface area contributed by atoms with Gasteiger partial charge in [0.1, 0.15) is 0 Å². The minimum absolute atomic E-state index is 0.734. The zero-order valence-corrected chi connectivity index (χ0v) is 15.0. The topological polar surface area (TPSA) is 3.24 Å². The Morgan fingerprint density at radius 2 is 1.60 bits per heavy atom. The molecule has 1 aliphatic carbocycles. The first kappa shape index (κ1) is 15.4. The Morgan fingerprint density at radius 3 is 2.52 bits per heavy atom. The Kier molecular flexibility index (Phi) is 3.98. The first-order valence-electron chi connectivity index (χ1n) is 10.1. The van der Waals surface area contributed by atoms with Gasteiger partial charge in [-0.05, 0) is 83.8 Å². The summed E-state index contributed by atoms with van der Waals surface area (Å²) in [4.78, 5) is 2.72. The lowest BCUT2D eigenvalue weighted by Gasteiger charge is -2.34. The SMILES string of the molecule is c1ccc2c(c1)ccc1c3c(ccc12)C(CN1CCCCC1)CCC3. The fraction of sp³-hybridized carbons (Fsp3) is 0.417. The van der Waals surface area contributed by atoms with Crippen LogP contribution in [0.25, 0.3) is 21.5 Å². The van der Waals surface area contributed by atoms with E-state index < -0.39 is 0 Å². The fourth-order valence-electron chi connectivity index (χ4n) is 5.15. The van der Waals surface area contributed by atoms with Gasteiger partial charge in [0.05, 0.1) is 0 Å². The second kappa shape index (κ2) is 6.46. The molecule has 1 fully saturated rings. The molecule has 0 saturated carbocycles. The molecule has 5 rings (SSSR count). The van der Waals surface area contributed by atoms with E-state index in [4.69, 9.17) is 0 Å². The number of rotatable bonds is 2. The third kappa shape index (κ3) is 2.75. The minimum atomic E-state index is 0.734. The fourth-order valence-corrected chi connectivity index (χ4v) is 5.15. The van der Waals surface area contributed by atoms with Gasteiger partial charge in [-0.2, -0.15) is 0 Å². The number of aryl methyl sites for hydroxylation is 1. The van der Waals surface area contributed by atoms with Crippen molar-refractivity contribution in [3.63, 3.8) is 0 Å². The van der Waals surface area contributed by atoms with E-state index in [0.717, 1.165) is 5.92 Å². The molecule has 1 aliphatic heterocycles. The normalized spacial score (nSPS) is 21.5. The lowest BCUT2D eigenvalue weighted by molar-refractivity contribution is 0.209. The van der Waals surface area contributed by atoms with Gasteiger partial charge < -0.3 is 4.90 Å². The Morgan fingerprint density at radius 1 is 0.760 bits per heavy atom. The third-order valence-electron chi connectivity index (χ3n) is 6.42. The predicted octanol–water partition coefficient (Wildman–Crippen LogP) is 5.90. The molecule has 25 heavy (non-hydrogen) atoms. The van der Waals surface area contributed by atoms with E-state index in [1.807, 2.05) is 0 Å². The lowest BCUT2D eigenvalue weighted by atomic mass is 9.79. The second-order valence-electron chi connectivity index (χ2n) is 7.97. The van der Waals surface area contributed by atoms with Crippen molar-refractivity contribution in [1.29, 1.82) is 0 Å². The highest BCUT2D eigenvalue weighted by Gasteiger charge is 2.24. The zero-order chi connectivity index (χ0) is 16.6. The van der Waals surface area contributed by atoms with Crippen LogP contribution >= 0.6 is 0 Å². The molecular formula is C24H27N. The van der Waals surface area contributed by atoms with E-state index in [2.05, 4.69) is 53.4 Å². The summed E-state index contributed by atoms with van der Waals surface area (Å²) in [6, 6.07) is 18.3. The van der Waals surface area contributed by atoms with Crippen LogP contribution in [-0.2, 0) is 6.42 Å². The van der Waals surface area contributed by atoms with Gasteiger partial charge in [-0.3, -0.25) is 0 Å². The maximum atomic E-state index is 2.72. The molecule has 0 amide bonds. The van der Waals surface area contributed by atoms with Crippen LogP contribution in [0.1, 0.15) is 49.1 Å². The van der Waals surface area contributed by atoms with Crippen LogP contribution in [-0.4, -0.2) is 24.5 Å². The van der Waals surface area contributed by atoms with Crippen molar-refractivity contribution in [1.82, 2.24) is 4.90 Å². The van der Waals surface area contributed by atoms with E-state index >= 15 is 0 Å². The molecule has 3 aromatic rings. The summed E-state index contributed by atoms with van der Waals surface area (Å²) < 4.78 is 0. The molecule has 1 unspecified atom stereocenters. The third-order valence-corrected chi connectivity index (χ3v) is 6.42. The summed E-state index contributed by atoms with van der Waals surface area (Å²) >= 11 is 0. The number of hydrogen-bond donors (Lipinski definition) is 0. The van der Waals surface area contributed by atoms with Crippen molar-refractivity contribution in [3.8, 4) is 0 Å². The summed E-state index contributed by atoms with van der Waals surface area (Å²) in [6.45, 7) is 3.89. The van der Waals surface area contributed by atoms with E-state index in [-0.39, 0.29) is 0 Å². The zero-order valence-electron chi connectivity index (χ0n) is 15.0. The maximum absolute atomic E-state index is 2.72. The summed E-state index contributed by atoms with van der Waals surface area (Å²) in [5.41, 5.74) is 3.27. The number of benzene rings is 3. The molecule has 128 valence electrons. The van der Waals surface area contributed by atoms with Crippen LogP contribution in [0.5, 0.6) is 0 Å². The van der Waals surface area contributed by atoms with E-state index in [1.165, 1.54) is 79.7 Å².